The Morgan fingerprint density at radius 2 is 2.00 bits per heavy atom. The van der Waals surface area contributed by atoms with Crippen molar-refractivity contribution in [3.63, 3.8) is 0 Å². The molecule has 3 heterocycles. The number of imidazole rings is 1. The molecule has 35 heavy (non-hydrogen) atoms. The van der Waals surface area contributed by atoms with Crippen LogP contribution in [0, 0.1) is 18.8 Å². The maximum absolute atomic E-state index is 13.4. The predicted octanol–water partition coefficient (Wildman–Crippen LogP) is 6.22. The molecule has 1 atom stereocenters. The van der Waals surface area contributed by atoms with Crippen molar-refractivity contribution in [2.24, 2.45) is 5.18 Å². The Hall–Kier alpha value is -3.88. The lowest BCUT2D eigenvalue weighted by molar-refractivity contribution is 0.0539. The van der Waals surface area contributed by atoms with Gasteiger partial charge in [-0.25, -0.2) is 14.3 Å². The SMILES string of the molecule is Cc1noc(C)c1-c1cc(C(N=O)c2ccccn2)c2nc(C3CC3)n(C(=O)OC(C)(C)C)c2c1. The van der Waals surface area contributed by atoms with Crippen molar-refractivity contribution in [1.82, 2.24) is 19.7 Å². The molecule has 180 valence electrons. The van der Waals surface area contributed by atoms with Gasteiger partial charge in [0.25, 0.3) is 0 Å². The van der Waals surface area contributed by atoms with E-state index < -0.39 is 17.7 Å². The summed E-state index contributed by atoms with van der Waals surface area (Å²) < 4.78 is 12.7. The second-order valence-electron chi connectivity index (χ2n) is 9.95. The van der Waals surface area contributed by atoms with Gasteiger partial charge in [-0.1, -0.05) is 16.4 Å². The molecule has 0 spiro atoms. The fourth-order valence-corrected chi connectivity index (χ4v) is 4.39. The molecule has 1 unspecified atom stereocenters. The predicted molar refractivity (Wildman–Crippen MR) is 130 cm³/mol. The van der Waals surface area contributed by atoms with Gasteiger partial charge in [-0.15, -0.1) is 4.91 Å². The fraction of sp³-hybridized carbons (Fsp3) is 0.385. The zero-order chi connectivity index (χ0) is 24.9. The van der Waals surface area contributed by atoms with Crippen LogP contribution in [0.3, 0.4) is 0 Å². The van der Waals surface area contributed by atoms with Gasteiger partial charge in [-0.3, -0.25) is 4.98 Å². The van der Waals surface area contributed by atoms with Crippen molar-refractivity contribution < 1.29 is 14.1 Å². The van der Waals surface area contributed by atoms with Crippen LogP contribution in [0.15, 0.2) is 46.2 Å². The molecule has 1 aromatic carbocycles. The summed E-state index contributed by atoms with van der Waals surface area (Å²) in [6, 6.07) is 8.20. The number of hydrogen-bond acceptors (Lipinski definition) is 8. The highest BCUT2D eigenvalue weighted by molar-refractivity contribution is 5.93. The van der Waals surface area contributed by atoms with Gasteiger partial charge in [0, 0.05) is 23.2 Å². The summed E-state index contributed by atoms with van der Waals surface area (Å²) in [5.74, 6) is 1.42. The molecular weight excluding hydrogens is 446 g/mol. The second kappa shape index (κ2) is 8.41. The molecule has 0 saturated heterocycles. The summed E-state index contributed by atoms with van der Waals surface area (Å²) in [5, 5.41) is 7.52. The van der Waals surface area contributed by atoms with E-state index in [1.807, 2.05) is 52.8 Å². The number of ether oxygens (including phenoxy) is 1. The first kappa shape index (κ1) is 22.9. The smallest absolute Gasteiger partial charge is 0.420 e. The normalized spacial score (nSPS) is 14.8. The third kappa shape index (κ3) is 4.22. The van der Waals surface area contributed by atoms with Gasteiger partial charge < -0.3 is 9.26 Å². The van der Waals surface area contributed by atoms with Crippen LogP contribution < -0.4 is 0 Å². The molecule has 0 amide bonds. The minimum atomic E-state index is -0.909. The van der Waals surface area contributed by atoms with Crippen LogP contribution in [0.2, 0.25) is 0 Å². The van der Waals surface area contributed by atoms with Crippen LogP contribution >= 0.6 is 0 Å². The Balaban J connectivity index is 1.82. The summed E-state index contributed by atoms with van der Waals surface area (Å²) in [5.41, 5.74) is 3.71. The van der Waals surface area contributed by atoms with E-state index in [1.54, 1.807) is 22.9 Å². The number of fused-ring (bicyclic) bond motifs is 1. The van der Waals surface area contributed by atoms with Gasteiger partial charge in [-0.05, 0) is 77.3 Å². The number of aromatic nitrogens is 4. The third-order valence-electron chi connectivity index (χ3n) is 6.02. The lowest BCUT2D eigenvalue weighted by Gasteiger charge is -2.20. The molecular formula is C26H27N5O4. The van der Waals surface area contributed by atoms with Crippen molar-refractivity contribution in [2.75, 3.05) is 0 Å². The van der Waals surface area contributed by atoms with E-state index in [2.05, 4.69) is 15.3 Å². The highest BCUT2D eigenvalue weighted by Crippen LogP contribution is 2.43. The first-order valence-electron chi connectivity index (χ1n) is 11.6. The van der Waals surface area contributed by atoms with Gasteiger partial charge >= 0.3 is 6.09 Å². The van der Waals surface area contributed by atoms with Crippen LogP contribution in [0.4, 0.5) is 4.79 Å². The van der Waals surface area contributed by atoms with Crippen molar-refractivity contribution >= 4 is 17.1 Å². The molecule has 4 aromatic rings. The molecule has 3 aromatic heterocycles. The third-order valence-corrected chi connectivity index (χ3v) is 6.02. The molecule has 1 saturated carbocycles. The Kier molecular flexibility index (Phi) is 5.50. The Bertz CT molecular complexity index is 1410. The molecule has 9 nitrogen and oxygen atoms in total. The van der Waals surface area contributed by atoms with Crippen LogP contribution in [0.5, 0.6) is 0 Å². The second-order valence-corrected chi connectivity index (χ2v) is 9.95. The van der Waals surface area contributed by atoms with E-state index in [0.29, 0.717) is 39.6 Å². The van der Waals surface area contributed by atoms with Gasteiger partial charge in [0.1, 0.15) is 17.2 Å². The van der Waals surface area contributed by atoms with Crippen LogP contribution in [-0.2, 0) is 4.74 Å². The number of benzene rings is 1. The number of aryl methyl sites for hydroxylation is 2. The number of pyridine rings is 1. The van der Waals surface area contributed by atoms with E-state index >= 15 is 0 Å². The van der Waals surface area contributed by atoms with E-state index in [9.17, 15) is 9.70 Å². The molecule has 1 aliphatic rings. The number of hydrogen-bond donors (Lipinski definition) is 0. The average Bonchev–Trinajstić information content (AvgIpc) is 3.49. The minimum Gasteiger partial charge on any atom is -0.443 e. The van der Waals surface area contributed by atoms with Crippen LogP contribution in [0.1, 0.15) is 74.1 Å². The monoisotopic (exact) mass is 473 g/mol. The summed E-state index contributed by atoms with van der Waals surface area (Å²) >= 11 is 0. The standard InChI is InChI=1S/C26H27N5O4/c1-14-21(15(2)35-30-14)17-12-18(22(29-33)19-8-6-7-11-27-19)23-20(13-17)31(24(28-23)16-9-10-16)25(32)34-26(3,4)5/h6-8,11-13,16,22H,9-10H2,1-5H3. The molecule has 1 aliphatic carbocycles. The summed E-state index contributed by atoms with van der Waals surface area (Å²) in [4.78, 5) is 34.9. The van der Waals surface area contributed by atoms with Gasteiger partial charge in [0.2, 0.25) is 0 Å². The molecule has 0 radical (unpaired) electrons. The Morgan fingerprint density at radius 1 is 1.23 bits per heavy atom. The highest BCUT2D eigenvalue weighted by atomic mass is 16.6. The maximum Gasteiger partial charge on any atom is 0.420 e. The summed E-state index contributed by atoms with van der Waals surface area (Å²) in [6.07, 6.45) is 3.00. The first-order valence-corrected chi connectivity index (χ1v) is 11.6. The van der Waals surface area contributed by atoms with Crippen LogP contribution in [-0.4, -0.2) is 31.4 Å². The number of rotatable bonds is 5. The van der Waals surface area contributed by atoms with Gasteiger partial charge in [-0.2, -0.15) is 0 Å². The maximum atomic E-state index is 13.4. The van der Waals surface area contributed by atoms with Crippen LogP contribution in [0.25, 0.3) is 22.2 Å². The molecule has 0 aliphatic heterocycles. The molecule has 5 rings (SSSR count). The lowest BCUT2D eigenvalue weighted by atomic mass is 9.95. The van der Waals surface area contributed by atoms with E-state index in [1.165, 1.54) is 0 Å². The van der Waals surface area contributed by atoms with Gasteiger partial charge in [0.15, 0.2) is 6.04 Å². The fourth-order valence-electron chi connectivity index (χ4n) is 4.39. The largest absolute Gasteiger partial charge is 0.443 e. The van der Waals surface area contributed by atoms with Crippen molar-refractivity contribution in [1.29, 1.82) is 0 Å². The zero-order valence-corrected chi connectivity index (χ0v) is 20.4. The average molecular weight is 474 g/mol. The number of nitrogens with zero attached hydrogens (tertiary/aromatic N) is 5. The molecule has 0 N–H and O–H groups in total. The van der Waals surface area contributed by atoms with Gasteiger partial charge in [0.05, 0.1) is 22.4 Å². The summed E-state index contributed by atoms with van der Waals surface area (Å²) in [7, 11) is 0. The minimum absolute atomic E-state index is 0.155. The number of carbonyl (C=O) groups is 1. The van der Waals surface area contributed by atoms with E-state index in [-0.39, 0.29) is 5.92 Å². The number of carbonyl (C=O) groups excluding carboxylic acids is 1. The topological polar surface area (TPSA) is 112 Å². The number of nitroso groups, excluding NO2 is 1. The zero-order valence-electron chi connectivity index (χ0n) is 20.4. The Morgan fingerprint density at radius 3 is 2.57 bits per heavy atom. The van der Waals surface area contributed by atoms with Crippen molar-refractivity contribution in [3.05, 3.63) is 70.0 Å². The highest BCUT2D eigenvalue weighted by Gasteiger charge is 2.35. The van der Waals surface area contributed by atoms with Crippen molar-refractivity contribution in [2.45, 2.75) is 65.0 Å². The molecule has 9 heteroatoms. The molecule has 1 fully saturated rings. The summed E-state index contributed by atoms with van der Waals surface area (Å²) in [6.45, 7) is 9.16. The lowest BCUT2D eigenvalue weighted by Crippen LogP contribution is -2.28. The Labute approximate surface area is 202 Å². The van der Waals surface area contributed by atoms with Crippen molar-refractivity contribution in [3.8, 4) is 11.1 Å². The molecule has 0 bridgehead atoms. The quantitative estimate of drug-likeness (QED) is 0.316. The van der Waals surface area contributed by atoms with E-state index in [0.717, 1.165) is 24.0 Å². The van der Waals surface area contributed by atoms with E-state index in [4.69, 9.17) is 14.2 Å². The first-order chi connectivity index (χ1) is 16.7.